The predicted octanol–water partition coefficient (Wildman–Crippen LogP) is 2.59. The van der Waals surface area contributed by atoms with E-state index in [1.54, 1.807) is 16.3 Å². The molecule has 0 aliphatic heterocycles. The van der Waals surface area contributed by atoms with E-state index in [0.29, 0.717) is 12.2 Å². The number of hydrogen-bond acceptors (Lipinski definition) is 3. The number of benzene rings is 1. The molecule has 0 aliphatic carbocycles. The molecule has 0 spiro atoms. The second kappa shape index (κ2) is 8.55. The third-order valence-electron chi connectivity index (χ3n) is 4.39. The Labute approximate surface area is 148 Å². The van der Waals surface area contributed by atoms with Gasteiger partial charge >= 0.3 is 0 Å². The van der Waals surface area contributed by atoms with Gasteiger partial charge in [0.05, 0.1) is 11.4 Å². The van der Waals surface area contributed by atoms with Gasteiger partial charge in [0, 0.05) is 13.6 Å². The van der Waals surface area contributed by atoms with Crippen LogP contribution in [0.2, 0.25) is 0 Å². The second-order valence-corrected chi connectivity index (χ2v) is 6.30. The van der Waals surface area contributed by atoms with Crippen molar-refractivity contribution in [2.75, 3.05) is 11.9 Å². The molecule has 1 aromatic heterocycles. The summed E-state index contributed by atoms with van der Waals surface area (Å²) in [4.78, 5) is 25.0. The maximum absolute atomic E-state index is 12.8. The van der Waals surface area contributed by atoms with E-state index in [0.717, 1.165) is 30.6 Å². The molecular weight excluding hydrogens is 316 g/mol. The lowest BCUT2D eigenvalue weighted by molar-refractivity contribution is -0.121. The molecule has 6 nitrogen and oxygen atoms in total. The van der Waals surface area contributed by atoms with Gasteiger partial charge in [-0.1, -0.05) is 38.0 Å². The number of carbonyl (C=O) groups excluding carboxylic acids is 1. The summed E-state index contributed by atoms with van der Waals surface area (Å²) in [5.74, 6) is -0.0926. The Morgan fingerprint density at radius 3 is 2.52 bits per heavy atom. The maximum Gasteiger partial charge on any atom is 0.295 e. The van der Waals surface area contributed by atoms with Crippen molar-refractivity contribution in [1.82, 2.24) is 14.7 Å². The van der Waals surface area contributed by atoms with Crippen LogP contribution < -0.4 is 16.2 Å². The van der Waals surface area contributed by atoms with Crippen LogP contribution in [0.1, 0.15) is 38.8 Å². The number of para-hydroxylation sites is 1. The van der Waals surface area contributed by atoms with Crippen molar-refractivity contribution in [2.45, 2.75) is 46.1 Å². The molecule has 1 unspecified atom stereocenters. The SMILES string of the molecule is CCCCCNC(=O)C(C)Nc1c(C)n(C)n(-c2ccccc2)c1=O. The molecule has 0 radical (unpaired) electrons. The lowest BCUT2D eigenvalue weighted by atomic mass is 10.2. The summed E-state index contributed by atoms with van der Waals surface area (Å²) < 4.78 is 3.40. The number of hydrogen-bond donors (Lipinski definition) is 2. The quantitative estimate of drug-likeness (QED) is 0.723. The van der Waals surface area contributed by atoms with E-state index in [1.165, 1.54) is 0 Å². The van der Waals surface area contributed by atoms with E-state index < -0.39 is 6.04 Å². The highest BCUT2D eigenvalue weighted by Crippen LogP contribution is 2.14. The zero-order valence-electron chi connectivity index (χ0n) is 15.5. The molecule has 0 saturated heterocycles. The van der Waals surface area contributed by atoms with Crippen molar-refractivity contribution >= 4 is 11.6 Å². The lowest BCUT2D eigenvalue weighted by Crippen LogP contribution is -2.39. The molecule has 136 valence electrons. The Hall–Kier alpha value is -2.50. The Morgan fingerprint density at radius 1 is 1.20 bits per heavy atom. The third kappa shape index (κ3) is 4.32. The zero-order chi connectivity index (χ0) is 18.4. The summed E-state index contributed by atoms with van der Waals surface area (Å²) in [6.07, 6.45) is 3.19. The molecule has 0 fully saturated rings. The minimum absolute atomic E-state index is 0.0926. The van der Waals surface area contributed by atoms with Crippen molar-refractivity contribution in [3.63, 3.8) is 0 Å². The van der Waals surface area contributed by atoms with Crippen LogP contribution in [0.5, 0.6) is 0 Å². The molecule has 1 amide bonds. The minimum atomic E-state index is -0.473. The fourth-order valence-corrected chi connectivity index (χ4v) is 2.76. The van der Waals surface area contributed by atoms with Crippen LogP contribution in [0.4, 0.5) is 5.69 Å². The molecule has 2 rings (SSSR count). The number of anilines is 1. The standard InChI is InChI=1S/C19H28N4O2/c1-5-6-10-13-20-18(24)14(2)21-17-15(3)22(4)23(19(17)25)16-11-8-7-9-12-16/h7-9,11-12,14,21H,5-6,10,13H2,1-4H3,(H,20,24). The van der Waals surface area contributed by atoms with Gasteiger partial charge in [0.1, 0.15) is 11.7 Å². The molecule has 6 heteroatoms. The zero-order valence-corrected chi connectivity index (χ0v) is 15.5. The number of amides is 1. The van der Waals surface area contributed by atoms with Crippen LogP contribution in [-0.2, 0) is 11.8 Å². The summed E-state index contributed by atoms with van der Waals surface area (Å²) >= 11 is 0. The van der Waals surface area contributed by atoms with Gasteiger partial charge in [0.15, 0.2) is 0 Å². The average molecular weight is 344 g/mol. The van der Waals surface area contributed by atoms with Crippen LogP contribution >= 0.6 is 0 Å². The molecular formula is C19H28N4O2. The number of aromatic nitrogens is 2. The predicted molar refractivity (Wildman–Crippen MR) is 101 cm³/mol. The first kappa shape index (κ1) is 18.8. The van der Waals surface area contributed by atoms with E-state index in [1.807, 2.05) is 44.3 Å². The summed E-state index contributed by atoms with van der Waals surface area (Å²) in [6.45, 7) is 6.44. The van der Waals surface area contributed by atoms with Gasteiger partial charge in [-0.25, -0.2) is 4.68 Å². The average Bonchev–Trinajstić information content (AvgIpc) is 2.82. The van der Waals surface area contributed by atoms with E-state index >= 15 is 0 Å². The third-order valence-corrected chi connectivity index (χ3v) is 4.39. The number of nitrogens with zero attached hydrogens (tertiary/aromatic N) is 2. The first-order valence-corrected chi connectivity index (χ1v) is 8.85. The van der Waals surface area contributed by atoms with Crippen molar-refractivity contribution in [3.8, 4) is 5.69 Å². The van der Waals surface area contributed by atoms with E-state index in [9.17, 15) is 9.59 Å². The first-order valence-electron chi connectivity index (χ1n) is 8.85. The van der Waals surface area contributed by atoms with Crippen LogP contribution in [0.25, 0.3) is 5.69 Å². The number of nitrogens with one attached hydrogen (secondary N) is 2. The van der Waals surface area contributed by atoms with E-state index in [-0.39, 0.29) is 11.5 Å². The van der Waals surface area contributed by atoms with Crippen molar-refractivity contribution in [1.29, 1.82) is 0 Å². The fourth-order valence-electron chi connectivity index (χ4n) is 2.76. The highest BCUT2D eigenvalue weighted by atomic mass is 16.2. The molecule has 1 atom stereocenters. The second-order valence-electron chi connectivity index (χ2n) is 6.30. The Kier molecular flexibility index (Phi) is 6.44. The van der Waals surface area contributed by atoms with Gasteiger partial charge < -0.3 is 10.6 Å². The van der Waals surface area contributed by atoms with Gasteiger partial charge in [0.25, 0.3) is 5.56 Å². The molecule has 2 N–H and O–H groups in total. The largest absolute Gasteiger partial charge is 0.368 e. The van der Waals surface area contributed by atoms with Gasteiger partial charge in [0.2, 0.25) is 5.91 Å². The number of unbranched alkanes of at least 4 members (excludes halogenated alkanes) is 2. The van der Waals surface area contributed by atoms with Crippen LogP contribution in [0, 0.1) is 6.92 Å². The smallest absolute Gasteiger partial charge is 0.295 e. The van der Waals surface area contributed by atoms with Crippen LogP contribution in [0.15, 0.2) is 35.1 Å². The number of carbonyl (C=O) groups is 1. The Morgan fingerprint density at radius 2 is 1.88 bits per heavy atom. The molecule has 1 aromatic carbocycles. The summed E-state index contributed by atoms with van der Waals surface area (Å²) in [6, 6.07) is 8.99. The summed E-state index contributed by atoms with van der Waals surface area (Å²) in [7, 11) is 1.84. The topological polar surface area (TPSA) is 68.1 Å². The molecule has 0 saturated carbocycles. The number of rotatable bonds is 8. The highest BCUT2D eigenvalue weighted by Gasteiger charge is 2.20. The Balaban J connectivity index is 2.15. The van der Waals surface area contributed by atoms with Crippen molar-refractivity contribution < 1.29 is 4.79 Å². The van der Waals surface area contributed by atoms with Crippen molar-refractivity contribution in [2.24, 2.45) is 7.05 Å². The summed E-state index contributed by atoms with van der Waals surface area (Å²) in [5.41, 5.74) is 1.89. The monoisotopic (exact) mass is 344 g/mol. The van der Waals surface area contributed by atoms with Crippen LogP contribution in [0.3, 0.4) is 0 Å². The first-order chi connectivity index (χ1) is 12.0. The highest BCUT2D eigenvalue weighted by molar-refractivity contribution is 5.84. The van der Waals surface area contributed by atoms with E-state index in [4.69, 9.17) is 0 Å². The molecule has 1 heterocycles. The van der Waals surface area contributed by atoms with Gasteiger partial charge in [-0.15, -0.1) is 0 Å². The lowest BCUT2D eigenvalue weighted by Gasteiger charge is -2.14. The summed E-state index contributed by atoms with van der Waals surface area (Å²) in [5, 5.41) is 6.00. The minimum Gasteiger partial charge on any atom is -0.368 e. The fraction of sp³-hybridized carbons (Fsp3) is 0.474. The van der Waals surface area contributed by atoms with Gasteiger partial charge in [-0.2, -0.15) is 0 Å². The maximum atomic E-state index is 12.8. The molecule has 2 aromatic rings. The normalized spacial score (nSPS) is 12.0. The van der Waals surface area contributed by atoms with E-state index in [2.05, 4.69) is 17.6 Å². The molecule has 25 heavy (non-hydrogen) atoms. The Bertz CT molecular complexity index is 762. The molecule has 0 aliphatic rings. The van der Waals surface area contributed by atoms with Crippen LogP contribution in [-0.4, -0.2) is 27.9 Å². The van der Waals surface area contributed by atoms with Crippen molar-refractivity contribution in [3.05, 3.63) is 46.4 Å². The van der Waals surface area contributed by atoms with Gasteiger partial charge in [-0.3, -0.25) is 14.3 Å². The molecule has 0 bridgehead atoms. The van der Waals surface area contributed by atoms with Gasteiger partial charge in [-0.05, 0) is 32.4 Å².